The minimum atomic E-state index is -0.534. The molecule has 0 heterocycles. The Morgan fingerprint density at radius 3 is 2.17 bits per heavy atom. The number of methoxy groups -OCH3 is 2. The van der Waals surface area contributed by atoms with Gasteiger partial charge in [-0.05, 0) is 42.0 Å². The van der Waals surface area contributed by atoms with E-state index in [2.05, 4.69) is 0 Å². The summed E-state index contributed by atoms with van der Waals surface area (Å²) in [4.78, 5) is 22.9. The van der Waals surface area contributed by atoms with Gasteiger partial charge in [-0.3, -0.25) is 9.59 Å². The van der Waals surface area contributed by atoms with Crippen LogP contribution in [0.2, 0.25) is 0 Å². The number of primary amides is 1. The lowest BCUT2D eigenvalue weighted by Gasteiger charge is -2.09. The summed E-state index contributed by atoms with van der Waals surface area (Å²) >= 11 is 0. The number of carbonyl (C=O) groups excluding carboxylic acids is 2. The van der Waals surface area contributed by atoms with E-state index in [0.717, 1.165) is 5.56 Å². The number of amides is 1. The predicted octanol–water partition coefficient (Wildman–Crippen LogP) is 1.95. The zero-order valence-corrected chi connectivity index (χ0v) is 12.9. The van der Waals surface area contributed by atoms with Crippen molar-refractivity contribution in [2.24, 2.45) is 5.73 Å². The number of nitrogens with two attached hydrogens (primary N) is 1. The van der Waals surface area contributed by atoms with Gasteiger partial charge in [-0.15, -0.1) is 0 Å². The lowest BCUT2D eigenvalue weighted by Crippen LogP contribution is -2.13. The van der Waals surface area contributed by atoms with Crippen molar-refractivity contribution >= 4 is 11.9 Å². The number of hydrogen-bond acceptors (Lipinski definition) is 5. The molecule has 0 bridgehead atoms. The Bertz CT molecular complexity index is 709. The van der Waals surface area contributed by atoms with Gasteiger partial charge in [0, 0.05) is 5.56 Å². The second kappa shape index (κ2) is 7.31. The Kier molecular flexibility index (Phi) is 5.19. The summed E-state index contributed by atoms with van der Waals surface area (Å²) in [6.07, 6.45) is 0.0813. The van der Waals surface area contributed by atoms with Gasteiger partial charge in [0.1, 0.15) is 5.75 Å². The summed E-state index contributed by atoms with van der Waals surface area (Å²) in [5, 5.41) is 0. The molecule has 0 fully saturated rings. The first kappa shape index (κ1) is 16.4. The third kappa shape index (κ3) is 4.23. The molecule has 6 heteroatoms. The van der Waals surface area contributed by atoms with E-state index in [0.29, 0.717) is 22.8 Å². The van der Waals surface area contributed by atoms with Crippen molar-refractivity contribution in [3.63, 3.8) is 0 Å². The highest BCUT2D eigenvalue weighted by molar-refractivity contribution is 5.92. The molecule has 2 aromatic carbocycles. The molecule has 6 nitrogen and oxygen atoms in total. The first-order chi connectivity index (χ1) is 11.0. The fraction of sp³-hybridized carbons (Fsp3) is 0.176. The minimum absolute atomic E-state index is 0.0813. The van der Waals surface area contributed by atoms with Crippen LogP contribution in [0, 0.1) is 0 Å². The van der Waals surface area contributed by atoms with Gasteiger partial charge in [-0.1, -0.05) is 6.07 Å². The quantitative estimate of drug-likeness (QED) is 0.650. The molecule has 2 N–H and O–H groups in total. The van der Waals surface area contributed by atoms with Crippen LogP contribution in [0.1, 0.15) is 15.9 Å². The number of rotatable bonds is 6. The topological polar surface area (TPSA) is 87.9 Å². The second-order valence-corrected chi connectivity index (χ2v) is 4.73. The Morgan fingerprint density at radius 1 is 0.957 bits per heavy atom. The lowest BCUT2D eigenvalue weighted by atomic mass is 10.1. The molecule has 0 aliphatic rings. The largest absolute Gasteiger partial charge is 0.493 e. The summed E-state index contributed by atoms with van der Waals surface area (Å²) in [5.41, 5.74) is 6.24. The SMILES string of the molecule is COc1ccc(CC(=O)Oc2ccc(C(N)=O)cc2)cc1OC. The maximum absolute atomic E-state index is 12.0. The molecule has 23 heavy (non-hydrogen) atoms. The molecule has 1 amide bonds. The van der Waals surface area contributed by atoms with Crippen LogP contribution in [0.5, 0.6) is 17.2 Å². The molecule has 120 valence electrons. The first-order valence-electron chi connectivity index (χ1n) is 6.85. The Morgan fingerprint density at radius 2 is 1.61 bits per heavy atom. The van der Waals surface area contributed by atoms with Crippen molar-refractivity contribution in [3.8, 4) is 17.2 Å². The van der Waals surface area contributed by atoms with Crippen molar-refractivity contribution in [1.29, 1.82) is 0 Å². The maximum atomic E-state index is 12.0. The molecule has 0 atom stereocenters. The van der Waals surface area contributed by atoms with Gasteiger partial charge in [-0.25, -0.2) is 0 Å². The smallest absolute Gasteiger partial charge is 0.315 e. The van der Waals surface area contributed by atoms with Crippen LogP contribution in [-0.2, 0) is 11.2 Å². The van der Waals surface area contributed by atoms with Crippen LogP contribution in [0.25, 0.3) is 0 Å². The van der Waals surface area contributed by atoms with Crippen molar-refractivity contribution in [2.45, 2.75) is 6.42 Å². The van der Waals surface area contributed by atoms with E-state index in [1.54, 1.807) is 25.3 Å². The third-order valence-corrected chi connectivity index (χ3v) is 3.17. The summed E-state index contributed by atoms with van der Waals surface area (Å²) < 4.78 is 15.6. The average molecular weight is 315 g/mol. The molecule has 0 saturated carbocycles. The standard InChI is InChI=1S/C17H17NO5/c1-21-14-8-3-11(9-15(14)22-2)10-16(19)23-13-6-4-12(5-7-13)17(18)20/h3-9H,10H2,1-2H3,(H2,18,20). The zero-order chi connectivity index (χ0) is 16.8. The summed E-state index contributed by atoms with van der Waals surface area (Å²) in [6.45, 7) is 0. The van der Waals surface area contributed by atoms with Gasteiger partial charge >= 0.3 is 5.97 Å². The Balaban J connectivity index is 2.03. The van der Waals surface area contributed by atoms with Crippen molar-refractivity contribution < 1.29 is 23.8 Å². The number of benzene rings is 2. The molecule has 0 saturated heterocycles. The number of esters is 1. The van der Waals surface area contributed by atoms with Crippen LogP contribution in [0.3, 0.4) is 0 Å². The van der Waals surface area contributed by atoms with Crippen molar-refractivity contribution in [3.05, 3.63) is 53.6 Å². The maximum Gasteiger partial charge on any atom is 0.315 e. The highest BCUT2D eigenvalue weighted by Crippen LogP contribution is 2.27. The second-order valence-electron chi connectivity index (χ2n) is 4.73. The zero-order valence-electron chi connectivity index (χ0n) is 12.9. The Labute approximate surface area is 133 Å². The van der Waals surface area contributed by atoms with Gasteiger partial charge in [0.05, 0.1) is 20.6 Å². The van der Waals surface area contributed by atoms with Crippen molar-refractivity contribution in [2.75, 3.05) is 14.2 Å². The molecule has 0 radical (unpaired) electrons. The molecule has 0 aromatic heterocycles. The fourth-order valence-corrected chi connectivity index (χ4v) is 2.01. The summed E-state index contributed by atoms with van der Waals surface area (Å²) in [5.74, 6) is 0.521. The van der Waals surface area contributed by atoms with Crippen LogP contribution >= 0.6 is 0 Å². The van der Waals surface area contributed by atoms with E-state index in [9.17, 15) is 9.59 Å². The molecule has 0 spiro atoms. The normalized spacial score (nSPS) is 10.0. The van der Waals surface area contributed by atoms with E-state index < -0.39 is 11.9 Å². The lowest BCUT2D eigenvalue weighted by molar-refractivity contribution is -0.133. The van der Waals surface area contributed by atoms with E-state index >= 15 is 0 Å². The van der Waals surface area contributed by atoms with Gasteiger partial charge in [0.15, 0.2) is 11.5 Å². The van der Waals surface area contributed by atoms with Crippen LogP contribution in [-0.4, -0.2) is 26.1 Å². The Hall–Kier alpha value is -3.02. The highest BCUT2D eigenvalue weighted by Gasteiger charge is 2.10. The molecular weight excluding hydrogens is 298 g/mol. The number of carbonyl (C=O) groups is 2. The van der Waals surface area contributed by atoms with Gasteiger partial charge in [0.25, 0.3) is 0 Å². The van der Waals surface area contributed by atoms with Crippen LogP contribution < -0.4 is 19.9 Å². The highest BCUT2D eigenvalue weighted by atomic mass is 16.5. The third-order valence-electron chi connectivity index (χ3n) is 3.17. The van der Waals surface area contributed by atoms with E-state index in [1.807, 2.05) is 0 Å². The monoisotopic (exact) mass is 315 g/mol. The van der Waals surface area contributed by atoms with Gasteiger partial charge < -0.3 is 19.9 Å². The summed E-state index contributed by atoms with van der Waals surface area (Å²) in [7, 11) is 3.07. The molecule has 0 unspecified atom stereocenters. The number of ether oxygens (including phenoxy) is 3. The average Bonchev–Trinajstić information content (AvgIpc) is 2.55. The minimum Gasteiger partial charge on any atom is -0.493 e. The van der Waals surface area contributed by atoms with Gasteiger partial charge in [0.2, 0.25) is 5.91 Å². The van der Waals surface area contributed by atoms with Crippen LogP contribution in [0.4, 0.5) is 0 Å². The van der Waals surface area contributed by atoms with Crippen LogP contribution in [0.15, 0.2) is 42.5 Å². The van der Waals surface area contributed by atoms with Gasteiger partial charge in [-0.2, -0.15) is 0 Å². The number of hydrogen-bond donors (Lipinski definition) is 1. The molecular formula is C17H17NO5. The predicted molar refractivity (Wildman–Crippen MR) is 83.8 cm³/mol. The molecule has 2 rings (SSSR count). The van der Waals surface area contributed by atoms with Crippen molar-refractivity contribution in [1.82, 2.24) is 0 Å². The van der Waals surface area contributed by atoms with E-state index in [4.69, 9.17) is 19.9 Å². The molecule has 2 aromatic rings. The van der Waals surface area contributed by atoms with E-state index in [1.165, 1.54) is 31.4 Å². The first-order valence-corrected chi connectivity index (χ1v) is 6.85. The summed E-state index contributed by atoms with van der Waals surface area (Å²) in [6, 6.07) is 11.3. The molecule has 0 aliphatic heterocycles. The molecule has 0 aliphatic carbocycles. The fourth-order valence-electron chi connectivity index (χ4n) is 2.01. The van der Waals surface area contributed by atoms with E-state index in [-0.39, 0.29) is 6.42 Å².